The maximum atomic E-state index is 13.0. The quantitative estimate of drug-likeness (QED) is 0.809. The van der Waals surface area contributed by atoms with Crippen molar-refractivity contribution >= 4 is 11.6 Å². The number of nitrogens with zero attached hydrogens (tertiary/aromatic N) is 1. The van der Waals surface area contributed by atoms with Crippen molar-refractivity contribution in [3.05, 3.63) is 17.7 Å². The summed E-state index contributed by atoms with van der Waals surface area (Å²) in [4.78, 5) is 15.0. The molecule has 1 saturated carbocycles. The van der Waals surface area contributed by atoms with Crippen LogP contribution in [0.3, 0.4) is 0 Å². The van der Waals surface area contributed by atoms with Crippen molar-refractivity contribution in [1.82, 2.24) is 4.90 Å². The monoisotopic (exact) mass is 348 g/mol. The highest BCUT2D eigenvalue weighted by Gasteiger charge is 2.27. The molecule has 1 atom stereocenters. The summed E-state index contributed by atoms with van der Waals surface area (Å²) in [5.41, 5.74) is 1.93. The molecule has 0 aliphatic heterocycles. The highest BCUT2D eigenvalue weighted by Crippen LogP contribution is 2.33. The number of hydrogen-bond acceptors (Lipinski definition) is 4. The third kappa shape index (κ3) is 4.59. The van der Waals surface area contributed by atoms with Crippen LogP contribution in [0.5, 0.6) is 11.5 Å². The van der Waals surface area contributed by atoms with Crippen molar-refractivity contribution in [2.24, 2.45) is 0 Å². The number of hydrogen-bond donors (Lipinski definition) is 1. The third-order valence-electron chi connectivity index (χ3n) is 5.11. The Bertz CT molecular complexity index is 583. The van der Waals surface area contributed by atoms with Crippen LogP contribution in [0.4, 0.5) is 5.69 Å². The highest BCUT2D eigenvalue weighted by atomic mass is 16.5. The molecule has 1 aliphatic carbocycles. The van der Waals surface area contributed by atoms with Crippen molar-refractivity contribution in [3.63, 3.8) is 0 Å². The fraction of sp³-hybridized carbons (Fsp3) is 0.650. The van der Waals surface area contributed by atoms with E-state index in [9.17, 15) is 4.79 Å². The largest absolute Gasteiger partial charge is 0.493 e. The summed E-state index contributed by atoms with van der Waals surface area (Å²) in [6.45, 7) is 6.77. The normalized spacial score (nSPS) is 16.2. The summed E-state index contributed by atoms with van der Waals surface area (Å²) in [6, 6.07) is 3.94. The first kappa shape index (κ1) is 19.4. The molecule has 0 bridgehead atoms. The Labute approximate surface area is 151 Å². The number of ether oxygens (including phenoxy) is 2. The van der Waals surface area contributed by atoms with Crippen LogP contribution in [-0.4, -0.2) is 43.7 Å². The second-order valence-electron chi connectivity index (χ2n) is 6.80. The summed E-state index contributed by atoms with van der Waals surface area (Å²) in [5.74, 6) is 1.53. The summed E-state index contributed by atoms with van der Waals surface area (Å²) in [5, 5.41) is 3.36. The number of rotatable bonds is 7. The Kier molecular flexibility index (Phi) is 6.97. The molecule has 0 spiro atoms. The molecule has 0 heterocycles. The van der Waals surface area contributed by atoms with Gasteiger partial charge >= 0.3 is 0 Å². The van der Waals surface area contributed by atoms with Crippen LogP contribution in [0.2, 0.25) is 0 Å². The first-order valence-electron chi connectivity index (χ1n) is 9.31. The molecule has 0 unspecified atom stereocenters. The number of aryl methyl sites for hydroxylation is 1. The van der Waals surface area contributed by atoms with Gasteiger partial charge in [0.25, 0.3) is 0 Å². The van der Waals surface area contributed by atoms with Crippen LogP contribution in [-0.2, 0) is 4.79 Å². The standard InChI is InChI=1S/C20H32N2O3/c1-6-22(16-10-8-7-9-11-16)20(23)15(3)21-17-13-19(25-5)18(24-4)12-14(17)2/h12-13,15-16,21H,6-11H2,1-5H3/t15-/m1/s1. The van der Waals surface area contributed by atoms with Crippen LogP contribution in [0.15, 0.2) is 12.1 Å². The maximum Gasteiger partial charge on any atom is 0.245 e. The molecule has 1 aromatic rings. The van der Waals surface area contributed by atoms with E-state index in [4.69, 9.17) is 9.47 Å². The van der Waals surface area contributed by atoms with E-state index < -0.39 is 0 Å². The van der Waals surface area contributed by atoms with Crippen molar-refractivity contribution in [2.75, 3.05) is 26.1 Å². The number of benzene rings is 1. The van der Waals surface area contributed by atoms with Gasteiger partial charge in [-0.15, -0.1) is 0 Å². The van der Waals surface area contributed by atoms with Crippen LogP contribution in [0, 0.1) is 6.92 Å². The van der Waals surface area contributed by atoms with Gasteiger partial charge in [0, 0.05) is 24.3 Å². The summed E-state index contributed by atoms with van der Waals surface area (Å²) in [7, 11) is 3.24. The molecule has 0 saturated heterocycles. The van der Waals surface area contributed by atoms with Gasteiger partial charge in [0.2, 0.25) is 5.91 Å². The molecule has 5 nitrogen and oxygen atoms in total. The van der Waals surface area contributed by atoms with Crippen LogP contribution in [0.25, 0.3) is 0 Å². The number of carbonyl (C=O) groups is 1. The fourth-order valence-corrected chi connectivity index (χ4v) is 3.67. The van der Waals surface area contributed by atoms with Crippen LogP contribution < -0.4 is 14.8 Å². The van der Waals surface area contributed by atoms with Gasteiger partial charge in [0.05, 0.1) is 14.2 Å². The molecule has 1 aliphatic rings. The second kappa shape index (κ2) is 8.97. The molecule has 1 amide bonds. The van der Waals surface area contributed by atoms with Crippen molar-refractivity contribution in [1.29, 1.82) is 0 Å². The average Bonchev–Trinajstić information content (AvgIpc) is 2.64. The van der Waals surface area contributed by atoms with Gasteiger partial charge < -0.3 is 19.7 Å². The summed E-state index contributed by atoms with van der Waals surface area (Å²) < 4.78 is 10.7. The number of methoxy groups -OCH3 is 2. The molecular formula is C20H32N2O3. The molecule has 5 heteroatoms. The van der Waals surface area contributed by atoms with Gasteiger partial charge in [-0.3, -0.25) is 4.79 Å². The van der Waals surface area contributed by atoms with E-state index >= 15 is 0 Å². The number of anilines is 1. The molecule has 2 rings (SSSR count). The zero-order valence-electron chi connectivity index (χ0n) is 16.2. The number of likely N-dealkylation sites (N-methyl/N-ethyl adjacent to an activating group) is 1. The lowest BCUT2D eigenvalue weighted by Gasteiger charge is -2.35. The third-order valence-corrected chi connectivity index (χ3v) is 5.11. The molecule has 0 radical (unpaired) electrons. The van der Waals surface area contributed by atoms with E-state index in [1.807, 2.05) is 30.9 Å². The maximum absolute atomic E-state index is 13.0. The molecule has 0 aromatic heterocycles. The van der Waals surface area contributed by atoms with Crippen LogP contribution >= 0.6 is 0 Å². The lowest BCUT2D eigenvalue weighted by molar-refractivity contribution is -0.134. The van der Waals surface area contributed by atoms with Gasteiger partial charge in [-0.1, -0.05) is 19.3 Å². The number of carbonyl (C=O) groups excluding carboxylic acids is 1. The molecule has 1 fully saturated rings. The van der Waals surface area contributed by atoms with E-state index in [0.717, 1.165) is 30.6 Å². The van der Waals surface area contributed by atoms with Gasteiger partial charge in [-0.2, -0.15) is 0 Å². The Morgan fingerprint density at radius 2 is 1.80 bits per heavy atom. The smallest absolute Gasteiger partial charge is 0.245 e. The van der Waals surface area contributed by atoms with E-state index in [2.05, 4.69) is 12.2 Å². The van der Waals surface area contributed by atoms with Crippen molar-refractivity contribution in [3.8, 4) is 11.5 Å². The second-order valence-corrected chi connectivity index (χ2v) is 6.80. The molecule has 140 valence electrons. The SMILES string of the molecule is CCN(C(=O)[C@@H](C)Nc1cc(OC)c(OC)cc1C)C1CCCCC1. The van der Waals surface area contributed by atoms with E-state index in [-0.39, 0.29) is 11.9 Å². The van der Waals surface area contributed by atoms with Crippen molar-refractivity contribution in [2.45, 2.75) is 65.0 Å². The van der Waals surface area contributed by atoms with Gasteiger partial charge in [-0.05, 0) is 45.2 Å². The van der Waals surface area contributed by atoms with E-state index in [1.165, 1.54) is 19.3 Å². The average molecular weight is 348 g/mol. The molecule has 1 aromatic carbocycles. The van der Waals surface area contributed by atoms with Crippen LogP contribution in [0.1, 0.15) is 51.5 Å². The Balaban J connectivity index is 2.12. The number of nitrogens with one attached hydrogen (secondary N) is 1. The topological polar surface area (TPSA) is 50.8 Å². The Morgan fingerprint density at radius 1 is 1.20 bits per heavy atom. The Hall–Kier alpha value is -1.91. The molecular weight excluding hydrogens is 316 g/mol. The zero-order valence-corrected chi connectivity index (χ0v) is 16.2. The fourth-order valence-electron chi connectivity index (χ4n) is 3.67. The predicted octanol–water partition coefficient (Wildman–Crippen LogP) is 3.99. The lowest BCUT2D eigenvalue weighted by atomic mass is 9.94. The minimum atomic E-state index is -0.279. The van der Waals surface area contributed by atoms with Crippen molar-refractivity contribution < 1.29 is 14.3 Å². The lowest BCUT2D eigenvalue weighted by Crippen LogP contribution is -2.47. The summed E-state index contributed by atoms with van der Waals surface area (Å²) in [6.07, 6.45) is 6.00. The summed E-state index contributed by atoms with van der Waals surface area (Å²) >= 11 is 0. The minimum Gasteiger partial charge on any atom is -0.493 e. The zero-order chi connectivity index (χ0) is 18.4. The first-order valence-corrected chi connectivity index (χ1v) is 9.31. The molecule has 1 N–H and O–H groups in total. The molecule has 25 heavy (non-hydrogen) atoms. The Morgan fingerprint density at radius 3 is 2.36 bits per heavy atom. The van der Waals surface area contributed by atoms with E-state index in [1.54, 1.807) is 14.2 Å². The van der Waals surface area contributed by atoms with Gasteiger partial charge in [0.15, 0.2) is 11.5 Å². The number of amides is 1. The predicted molar refractivity (Wildman–Crippen MR) is 102 cm³/mol. The first-order chi connectivity index (χ1) is 12.0. The van der Waals surface area contributed by atoms with Gasteiger partial charge in [-0.25, -0.2) is 0 Å². The van der Waals surface area contributed by atoms with E-state index in [0.29, 0.717) is 17.5 Å². The highest BCUT2D eigenvalue weighted by molar-refractivity contribution is 5.85. The minimum absolute atomic E-state index is 0.170. The van der Waals surface area contributed by atoms with Gasteiger partial charge in [0.1, 0.15) is 6.04 Å².